The second-order valence-corrected chi connectivity index (χ2v) is 8.19. The van der Waals surface area contributed by atoms with Gasteiger partial charge in [-0.15, -0.1) is 23.1 Å². The zero-order valence-electron chi connectivity index (χ0n) is 14.7. The zero-order valence-corrected chi connectivity index (χ0v) is 16.4. The fourth-order valence-corrected chi connectivity index (χ4v) is 4.71. The Labute approximate surface area is 165 Å². The van der Waals surface area contributed by atoms with E-state index in [0.29, 0.717) is 10.9 Å². The Kier molecular flexibility index (Phi) is 5.72. The van der Waals surface area contributed by atoms with E-state index in [2.05, 4.69) is 15.2 Å². The number of fused-ring (bicyclic) bond motifs is 1. The highest BCUT2D eigenvalue weighted by Crippen LogP contribution is 2.34. The van der Waals surface area contributed by atoms with Crippen molar-refractivity contribution in [2.24, 2.45) is 0 Å². The summed E-state index contributed by atoms with van der Waals surface area (Å²) in [5.74, 6) is 0.0592. The van der Waals surface area contributed by atoms with Gasteiger partial charge in [0.1, 0.15) is 6.54 Å². The van der Waals surface area contributed by atoms with Gasteiger partial charge in [-0.05, 0) is 12.1 Å². The van der Waals surface area contributed by atoms with Crippen molar-refractivity contribution in [1.82, 2.24) is 9.88 Å². The number of anilines is 2. The molecule has 27 heavy (non-hydrogen) atoms. The number of thiazole rings is 1. The Balaban J connectivity index is 1.36. The van der Waals surface area contributed by atoms with Crippen LogP contribution >= 0.6 is 23.1 Å². The van der Waals surface area contributed by atoms with E-state index in [1.807, 2.05) is 29.6 Å². The molecule has 0 saturated carbocycles. The van der Waals surface area contributed by atoms with Gasteiger partial charge < -0.3 is 15.0 Å². The van der Waals surface area contributed by atoms with Crippen molar-refractivity contribution in [1.29, 1.82) is 0 Å². The fraction of sp³-hybridized carbons (Fsp3) is 0.389. The van der Waals surface area contributed by atoms with E-state index in [1.165, 1.54) is 23.1 Å². The normalized spacial score (nSPS) is 17.6. The first-order valence-corrected chi connectivity index (χ1v) is 10.6. The number of benzene rings is 1. The largest absolute Gasteiger partial charge is 0.379 e. The molecule has 0 atom stereocenters. The lowest BCUT2D eigenvalue weighted by atomic mass is 10.2. The molecule has 2 aromatic rings. The molecule has 4 rings (SSSR count). The lowest BCUT2D eigenvalue weighted by Crippen LogP contribution is -2.41. The van der Waals surface area contributed by atoms with Crippen molar-refractivity contribution in [3.63, 3.8) is 0 Å². The lowest BCUT2D eigenvalue weighted by molar-refractivity contribution is -0.120. The Morgan fingerprint density at radius 3 is 2.93 bits per heavy atom. The van der Waals surface area contributed by atoms with E-state index in [4.69, 9.17) is 4.74 Å². The van der Waals surface area contributed by atoms with Gasteiger partial charge >= 0.3 is 0 Å². The standard InChI is InChI=1S/C18H20N4O3S2/c23-16(10-22-14-3-1-2-4-15(14)26-12-17(22)24)20-18-19-13(11-27-18)9-21-5-7-25-8-6-21/h1-4,11H,5-10,12H2,(H,19,20,23). The number of rotatable bonds is 5. The van der Waals surface area contributed by atoms with E-state index in [-0.39, 0.29) is 18.4 Å². The van der Waals surface area contributed by atoms with Gasteiger partial charge in [0, 0.05) is 29.9 Å². The molecule has 2 aliphatic heterocycles. The fourth-order valence-electron chi connectivity index (χ4n) is 3.06. The van der Waals surface area contributed by atoms with E-state index >= 15 is 0 Å². The van der Waals surface area contributed by atoms with Crippen molar-refractivity contribution in [2.45, 2.75) is 11.4 Å². The Hall–Kier alpha value is -1.94. The van der Waals surface area contributed by atoms with E-state index < -0.39 is 0 Å². The average Bonchev–Trinajstić information content (AvgIpc) is 3.11. The summed E-state index contributed by atoms with van der Waals surface area (Å²) in [6, 6.07) is 7.65. The molecule has 2 aliphatic rings. The van der Waals surface area contributed by atoms with Crippen LogP contribution in [0.3, 0.4) is 0 Å². The van der Waals surface area contributed by atoms with Crippen LogP contribution in [0.1, 0.15) is 5.69 Å². The van der Waals surface area contributed by atoms with E-state index in [1.54, 1.807) is 4.90 Å². The third-order valence-corrected chi connectivity index (χ3v) is 6.25. The van der Waals surface area contributed by atoms with Crippen molar-refractivity contribution in [2.75, 3.05) is 48.8 Å². The molecular weight excluding hydrogens is 384 g/mol. The highest BCUT2D eigenvalue weighted by Gasteiger charge is 2.26. The van der Waals surface area contributed by atoms with Crippen molar-refractivity contribution in [3.05, 3.63) is 35.3 Å². The minimum absolute atomic E-state index is 0.00517. The number of carbonyl (C=O) groups excluding carboxylic acids is 2. The topological polar surface area (TPSA) is 74.8 Å². The number of morpholine rings is 1. The zero-order chi connectivity index (χ0) is 18.6. The van der Waals surface area contributed by atoms with Gasteiger partial charge in [0.25, 0.3) is 0 Å². The van der Waals surface area contributed by atoms with Crippen LogP contribution in [0.5, 0.6) is 0 Å². The maximum absolute atomic E-state index is 12.5. The van der Waals surface area contributed by atoms with Crippen LogP contribution < -0.4 is 10.2 Å². The number of para-hydroxylation sites is 1. The van der Waals surface area contributed by atoms with Crippen molar-refractivity contribution >= 4 is 45.7 Å². The molecule has 3 heterocycles. The molecule has 0 unspecified atom stereocenters. The van der Waals surface area contributed by atoms with E-state index in [0.717, 1.165) is 49.1 Å². The predicted molar refractivity (Wildman–Crippen MR) is 106 cm³/mol. The molecule has 9 heteroatoms. The highest BCUT2D eigenvalue weighted by molar-refractivity contribution is 8.00. The molecule has 2 amide bonds. The summed E-state index contributed by atoms with van der Waals surface area (Å²) in [5, 5.41) is 5.35. The molecular formula is C18H20N4O3S2. The molecule has 1 fully saturated rings. The summed E-state index contributed by atoms with van der Waals surface area (Å²) in [6.45, 7) is 4.04. The summed E-state index contributed by atoms with van der Waals surface area (Å²) < 4.78 is 5.35. The average molecular weight is 405 g/mol. The molecule has 1 aromatic carbocycles. The molecule has 0 spiro atoms. The van der Waals surface area contributed by atoms with Crippen LogP contribution in [0.15, 0.2) is 34.5 Å². The second-order valence-electron chi connectivity index (χ2n) is 6.32. The van der Waals surface area contributed by atoms with Crippen LogP contribution in [0, 0.1) is 0 Å². The Bertz CT molecular complexity index is 836. The second kappa shape index (κ2) is 8.39. The number of hydrogen-bond acceptors (Lipinski definition) is 7. The smallest absolute Gasteiger partial charge is 0.246 e. The first kappa shape index (κ1) is 18.4. The third-order valence-electron chi connectivity index (χ3n) is 4.40. The van der Waals surface area contributed by atoms with Gasteiger partial charge in [0.2, 0.25) is 11.8 Å². The van der Waals surface area contributed by atoms with Gasteiger partial charge in [0.15, 0.2) is 5.13 Å². The van der Waals surface area contributed by atoms with E-state index in [9.17, 15) is 9.59 Å². The summed E-state index contributed by atoms with van der Waals surface area (Å²) >= 11 is 2.91. The molecule has 0 aliphatic carbocycles. The minimum atomic E-state index is -0.239. The van der Waals surface area contributed by atoms with Crippen LogP contribution in [0.2, 0.25) is 0 Å². The highest BCUT2D eigenvalue weighted by atomic mass is 32.2. The van der Waals surface area contributed by atoms with Crippen LogP contribution in [-0.2, 0) is 20.9 Å². The van der Waals surface area contributed by atoms with Crippen LogP contribution in [0.25, 0.3) is 0 Å². The number of ether oxygens (including phenoxy) is 1. The summed E-state index contributed by atoms with van der Waals surface area (Å²) in [4.78, 5) is 34.1. The van der Waals surface area contributed by atoms with Gasteiger partial charge in [-0.3, -0.25) is 14.5 Å². The predicted octanol–water partition coefficient (Wildman–Crippen LogP) is 2.05. The van der Waals surface area contributed by atoms with Crippen molar-refractivity contribution < 1.29 is 14.3 Å². The Morgan fingerprint density at radius 2 is 2.07 bits per heavy atom. The first-order valence-electron chi connectivity index (χ1n) is 8.75. The molecule has 1 N–H and O–H groups in total. The summed E-state index contributed by atoms with van der Waals surface area (Å²) in [7, 11) is 0. The number of nitrogens with zero attached hydrogens (tertiary/aromatic N) is 3. The molecule has 7 nitrogen and oxygen atoms in total. The molecule has 142 valence electrons. The monoisotopic (exact) mass is 404 g/mol. The molecule has 1 saturated heterocycles. The maximum Gasteiger partial charge on any atom is 0.246 e. The van der Waals surface area contributed by atoms with Gasteiger partial charge in [-0.1, -0.05) is 12.1 Å². The molecule has 1 aromatic heterocycles. The number of aromatic nitrogens is 1. The number of thioether (sulfide) groups is 1. The van der Waals surface area contributed by atoms with Crippen LogP contribution in [-0.4, -0.2) is 60.3 Å². The summed E-state index contributed by atoms with van der Waals surface area (Å²) in [6.07, 6.45) is 0. The third kappa shape index (κ3) is 4.49. The quantitative estimate of drug-likeness (QED) is 0.822. The number of carbonyl (C=O) groups is 2. The molecule has 0 radical (unpaired) electrons. The lowest BCUT2D eigenvalue weighted by Gasteiger charge is -2.28. The maximum atomic E-state index is 12.5. The van der Waals surface area contributed by atoms with Crippen LogP contribution in [0.4, 0.5) is 10.8 Å². The number of nitrogens with one attached hydrogen (secondary N) is 1. The number of hydrogen-bond donors (Lipinski definition) is 1. The summed E-state index contributed by atoms with van der Waals surface area (Å²) in [5.41, 5.74) is 1.73. The first-order chi connectivity index (χ1) is 13.2. The SMILES string of the molecule is O=C(CN1C(=O)CSc2ccccc21)Nc1nc(CN2CCOCC2)cs1. The number of amides is 2. The van der Waals surface area contributed by atoms with Crippen molar-refractivity contribution in [3.8, 4) is 0 Å². The Morgan fingerprint density at radius 1 is 1.26 bits per heavy atom. The van der Waals surface area contributed by atoms with Gasteiger partial charge in [0.05, 0.1) is 30.3 Å². The van der Waals surface area contributed by atoms with Gasteiger partial charge in [-0.2, -0.15) is 0 Å². The van der Waals surface area contributed by atoms with Gasteiger partial charge in [-0.25, -0.2) is 4.98 Å². The minimum Gasteiger partial charge on any atom is -0.379 e. The molecule has 0 bridgehead atoms.